The van der Waals surface area contributed by atoms with Crippen molar-refractivity contribution in [2.75, 3.05) is 5.32 Å². The zero-order valence-electron chi connectivity index (χ0n) is 13.3. The molecule has 3 aromatic rings. The van der Waals surface area contributed by atoms with Crippen molar-refractivity contribution in [3.63, 3.8) is 0 Å². The highest BCUT2D eigenvalue weighted by Gasteiger charge is 2.20. The lowest BCUT2D eigenvalue weighted by Gasteiger charge is -2.07. The first-order valence-corrected chi connectivity index (χ1v) is 8.78. The predicted molar refractivity (Wildman–Crippen MR) is 95.4 cm³/mol. The second-order valence-electron chi connectivity index (χ2n) is 5.64. The number of hydrogen-bond acceptors (Lipinski definition) is 4. The van der Waals surface area contributed by atoms with Gasteiger partial charge < -0.3 is 9.73 Å². The summed E-state index contributed by atoms with van der Waals surface area (Å²) in [5.41, 5.74) is 2.83. The molecule has 0 saturated carbocycles. The molecule has 0 radical (unpaired) electrons. The number of hydrogen-bond donors (Lipinski definition) is 1. The molecule has 1 atom stereocenters. The highest BCUT2D eigenvalue weighted by Crippen LogP contribution is 2.32. The summed E-state index contributed by atoms with van der Waals surface area (Å²) in [6.45, 7) is 4.02. The van der Waals surface area contributed by atoms with Crippen molar-refractivity contribution in [3.05, 3.63) is 45.2 Å². The standard InChI is InChI=1S/C16H17BrClFN4O/c1-9(19)5-6-12-10(2)13-15(20-8-11-4-3-7-24-11)21-16(18)22-23(13)14(12)17/h3-4,7,9H,5-6,8H2,1-2H3,(H,20,21,22). The molecule has 5 nitrogen and oxygen atoms in total. The van der Waals surface area contributed by atoms with Gasteiger partial charge in [0.15, 0.2) is 5.82 Å². The maximum atomic E-state index is 13.2. The summed E-state index contributed by atoms with van der Waals surface area (Å²) in [4.78, 5) is 4.30. The van der Waals surface area contributed by atoms with Crippen molar-refractivity contribution in [1.29, 1.82) is 0 Å². The van der Waals surface area contributed by atoms with Crippen molar-refractivity contribution in [2.24, 2.45) is 0 Å². The summed E-state index contributed by atoms with van der Waals surface area (Å²) < 4.78 is 21.0. The summed E-state index contributed by atoms with van der Waals surface area (Å²) >= 11 is 9.61. The molecule has 0 spiro atoms. The van der Waals surface area contributed by atoms with E-state index in [9.17, 15) is 4.39 Å². The Kier molecular flexibility index (Phi) is 5.10. The zero-order chi connectivity index (χ0) is 17.3. The molecule has 0 saturated heterocycles. The van der Waals surface area contributed by atoms with Crippen LogP contribution in [0.5, 0.6) is 0 Å². The maximum absolute atomic E-state index is 13.2. The van der Waals surface area contributed by atoms with E-state index in [0.717, 1.165) is 27.0 Å². The van der Waals surface area contributed by atoms with Gasteiger partial charge in [-0.2, -0.15) is 4.98 Å². The second-order valence-corrected chi connectivity index (χ2v) is 6.73. The minimum absolute atomic E-state index is 0.130. The Hall–Kier alpha value is -1.60. The molecule has 0 fully saturated rings. The lowest BCUT2D eigenvalue weighted by atomic mass is 10.1. The number of aryl methyl sites for hydroxylation is 1. The van der Waals surface area contributed by atoms with Gasteiger partial charge in [0.05, 0.1) is 19.0 Å². The van der Waals surface area contributed by atoms with E-state index in [1.807, 2.05) is 19.1 Å². The number of aromatic nitrogens is 3. The predicted octanol–water partition coefficient (Wildman–Crippen LogP) is 4.95. The first-order chi connectivity index (χ1) is 11.5. The summed E-state index contributed by atoms with van der Waals surface area (Å²) in [5, 5.41) is 7.62. The second kappa shape index (κ2) is 7.11. The summed E-state index contributed by atoms with van der Waals surface area (Å²) in [7, 11) is 0. The number of halogens is 3. The monoisotopic (exact) mass is 414 g/mol. The van der Waals surface area contributed by atoms with Gasteiger partial charge in [0.1, 0.15) is 15.9 Å². The molecule has 0 amide bonds. The van der Waals surface area contributed by atoms with Gasteiger partial charge in [-0.05, 0) is 77.5 Å². The molecule has 0 aliphatic heterocycles. The van der Waals surface area contributed by atoms with E-state index in [2.05, 4.69) is 31.3 Å². The van der Waals surface area contributed by atoms with Crippen LogP contribution in [0.3, 0.4) is 0 Å². The summed E-state index contributed by atoms with van der Waals surface area (Å²) in [5.74, 6) is 1.40. The highest BCUT2D eigenvalue weighted by atomic mass is 79.9. The maximum Gasteiger partial charge on any atom is 0.243 e. The smallest absolute Gasteiger partial charge is 0.243 e. The van der Waals surface area contributed by atoms with Gasteiger partial charge in [-0.25, -0.2) is 8.91 Å². The normalized spacial score (nSPS) is 12.7. The fourth-order valence-electron chi connectivity index (χ4n) is 2.65. The molecule has 3 heterocycles. The number of nitrogens with zero attached hydrogens (tertiary/aromatic N) is 3. The highest BCUT2D eigenvalue weighted by molar-refractivity contribution is 9.10. The van der Waals surface area contributed by atoms with Crippen molar-refractivity contribution in [1.82, 2.24) is 14.6 Å². The Labute approximate surface area is 152 Å². The van der Waals surface area contributed by atoms with Gasteiger partial charge in [0.25, 0.3) is 0 Å². The van der Waals surface area contributed by atoms with Crippen LogP contribution in [0.4, 0.5) is 10.2 Å². The van der Waals surface area contributed by atoms with Gasteiger partial charge in [0.2, 0.25) is 5.28 Å². The molecule has 128 valence electrons. The molecule has 0 aliphatic rings. The molecule has 8 heteroatoms. The van der Waals surface area contributed by atoms with E-state index in [1.54, 1.807) is 17.7 Å². The molecule has 1 unspecified atom stereocenters. The van der Waals surface area contributed by atoms with Crippen LogP contribution in [-0.2, 0) is 13.0 Å². The number of rotatable bonds is 6. The summed E-state index contributed by atoms with van der Waals surface area (Å²) in [6.07, 6.45) is 1.83. The number of alkyl halides is 1. The van der Waals surface area contributed by atoms with Crippen LogP contribution in [-0.4, -0.2) is 20.8 Å². The first-order valence-electron chi connectivity index (χ1n) is 7.61. The lowest BCUT2D eigenvalue weighted by molar-refractivity contribution is 0.341. The van der Waals surface area contributed by atoms with Crippen LogP contribution in [0.15, 0.2) is 27.4 Å². The van der Waals surface area contributed by atoms with Crippen LogP contribution >= 0.6 is 27.5 Å². The van der Waals surface area contributed by atoms with Crippen molar-refractivity contribution >= 4 is 38.9 Å². The van der Waals surface area contributed by atoms with E-state index in [-0.39, 0.29) is 5.28 Å². The van der Waals surface area contributed by atoms with Crippen LogP contribution in [0.1, 0.15) is 30.2 Å². The average molecular weight is 416 g/mol. The molecule has 1 N–H and O–H groups in total. The van der Waals surface area contributed by atoms with Gasteiger partial charge in [0, 0.05) is 0 Å². The quantitative estimate of drug-likeness (QED) is 0.619. The van der Waals surface area contributed by atoms with Gasteiger partial charge in [-0.15, -0.1) is 5.10 Å². The Bertz CT molecular complexity index is 848. The average Bonchev–Trinajstić information content (AvgIpc) is 3.12. The van der Waals surface area contributed by atoms with Gasteiger partial charge in [-0.1, -0.05) is 0 Å². The van der Waals surface area contributed by atoms with Gasteiger partial charge in [-0.3, -0.25) is 0 Å². The van der Waals surface area contributed by atoms with Crippen LogP contribution in [0, 0.1) is 6.92 Å². The molecule has 0 aromatic carbocycles. The number of furan rings is 1. The van der Waals surface area contributed by atoms with Gasteiger partial charge >= 0.3 is 0 Å². The van der Waals surface area contributed by atoms with E-state index in [4.69, 9.17) is 16.0 Å². The van der Waals surface area contributed by atoms with Crippen molar-refractivity contribution < 1.29 is 8.81 Å². The third-order valence-electron chi connectivity index (χ3n) is 3.87. The lowest BCUT2D eigenvalue weighted by Crippen LogP contribution is -2.05. The largest absolute Gasteiger partial charge is 0.467 e. The topological polar surface area (TPSA) is 55.4 Å². The zero-order valence-corrected chi connectivity index (χ0v) is 15.7. The Morgan fingerprint density at radius 2 is 2.29 bits per heavy atom. The molecular weight excluding hydrogens is 399 g/mol. The molecule has 3 rings (SSSR count). The number of anilines is 1. The minimum Gasteiger partial charge on any atom is -0.467 e. The summed E-state index contributed by atoms with van der Waals surface area (Å²) in [6, 6.07) is 3.71. The number of fused-ring (bicyclic) bond motifs is 1. The third kappa shape index (κ3) is 3.42. The molecule has 0 bridgehead atoms. The molecule has 3 aromatic heterocycles. The van der Waals surface area contributed by atoms with Crippen molar-refractivity contribution in [3.8, 4) is 0 Å². The van der Waals surface area contributed by atoms with Crippen LogP contribution in [0.2, 0.25) is 5.28 Å². The SMILES string of the molecule is Cc1c(CCC(C)F)c(Br)n2nc(Cl)nc(NCc3ccco3)c12. The molecular formula is C16H17BrClFN4O. The fourth-order valence-corrected chi connectivity index (χ4v) is 3.56. The Morgan fingerprint density at radius 1 is 1.50 bits per heavy atom. The Balaban J connectivity index is 2.00. The van der Waals surface area contributed by atoms with Crippen LogP contribution < -0.4 is 5.32 Å². The van der Waals surface area contributed by atoms with Crippen LogP contribution in [0.25, 0.3) is 5.52 Å². The minimum atomic E-state index is -0.856. The first kappa shape index (κ1) is 17.2. The fraction of sp³-hybridized carbons (Fsp3) is 0.375. The van der Waals surface area contributed by atoms with E-state index in [0.29, 0.717) is 25.2 Å². The third-order valence-corrected chi connectivity index (χ3v) is 4.84. The van der Waals surface area contributed by atoms with E-state index in [1.165, 1.54) is 0 Å². The van der Waals surface area contributed by atoms with E-state index < -0.39 is 6.17 Å². The van der Waals surface area contributed by atoms with Crippen molar-refractivity contribution in [2.45, 2.75) is 39.4 Å². The molecule has 24 heavy (non-hydrogen) atoms. The Morgan fingerprint density at radius 3 is 2.96 bits per heavy atom. The van der Waals surface area contributed by atoms with E-state index >= 15 is 0 Å². The number of nitrogens with one attached hydrogen (secondary N) is 1. The molecule has 0 aliphatic carbocycles.